The monoisotopic (exact) mass is 440 g/mol. The van der Waals surface area contributed by atoms with Gasteiger partial charge < -0.3 is 5.11 Å². The molecule has 0 fully saturated rings. The first-order chi connectivity index (χ1) is 13.3. The molecule has 150 valence electrons. The molecule has 0 aliphatic heterocycles. The van der Waals surface area contributed by atoms with Crippen LogP contribution in [0.5, 0.6) is 0 Å². The maximum absolute atomic E-state index is 13.3. The van der Waals surface area contributed by atoms with E-state index in [-0.39, 0.29) is 6.54 Å². The number of amides is 1. The SMILES string of the molecule is CC(O)(CF)C(C)(NCc1ccc(-c2ccc(-c3cccs3)s2)s1)C(=O)NO. The standard InChI is InChI=1S/C19H21FN2O3S3/c1-18(24,11-20)19(2,17(23)22-25)21-10-12-5-6-15(27-12)16-8-7-14(28-16)13-4-3-9-26-13/h3-9,21,24-25H,10-11H2,1-2H3,(H,22,23). The quantitative estimate of drug-likeness (QED) is 0.311. The highest BCUT2D eigenvalue weighted by Crippen LogP contribution is 2.39. The topological polar surface area (TPSA) is 81.6 Å². The van der Waals surface area contributed by atoms with Crippen molar-refractivity contribution in [2.24, 2.45) is 0 Å². The zero-order chi connectivity index (χ0) is 20.4. The van der Waals surface area contributed by atoms with E-state index in [2.05, 4.69) is 28.9 Å². The van der Waals surface area contributed by atoms with E-state index >= 15 is 0 Å². The summed E-state index contributed by atoms with van der Waals surface area (Å²) in [6, 6.07) is 12.2. The van der Waals surface area contributed by atoms with Crippen molar-refractivity contribution in [2.75, 3.05) is 6.67 Å². The second-order valence-electron chi connectivity index (χ2n) is 6.73. The Morgan fingerprint density at radius 3 is 2.32 bits per heavy atom. The van der Waals surface area contributed by atoms with Gasteiger partial charge in [-0.1, -0.05) is 6.07 Å². The first-order valence-electron chi connectivity index (χ1n) is 8.51. The number of nitrogens with one attached hydrogen (secondary N) is 2. The molecule has 0 bridgehead atoms. The normalized spacial score (nSPS) is 15.8. The van der Waals surface area contributed by atoms with Gasteiger partial charge in [0.15, 0.2) is 0 Å². The van der Waals surface area contributed by atoms with E-state index in [0.717, 1.165) is 14.6 Å². The van der Waals surface area contributed by atoms with E-state index in [4.69, 9.17) is 5.21 Å². The van der Waals surface area contributed by atoms with E-state index in [1.165, 1.54) is 29.1 Å². The average Bonchev–Trinajstić information content (AvgIpc) is 3.45. The van der Waals surface area contributed by atoms with Crippen LogP contribution in [0.25, 0.3) is 19.5 Å². The van der Waals surface area contributed by atoms with E-state index < -0.39 is 23.7 Å². The second-order valence-corrected chi connectivity index (χ2v) is 9.93. The van der Waals surface area contributed by atoms with Crippen LogP contribution in [0, 0.1) is 0 Å². The molecule has 0 saturated carbocycles. The van der Waals surface area contributed by atoms with Crippen molar-refractivity contribution in [3.63, 3.8) is 0 Å². The van der Waals surface area contributed by atoms with E-state index in [1.807, 2.05) is 18.2 Å². The Morgan fingerprint density at radius 1 is 1.07 bits per heavy atom. The van der Waals surface area contributed by atoms with E-state index in [9.17, 15) is 14.3 Å². The Labute approximate surface area is 174 Å². The molecule has 5 nitrogen and oxygen atoms in total. The zero-order valence-electron chi connectivity index (χ0n) is 15.4. The summed E-state index contributed by atoms with van der Waals surface area (Å²) in [7, 11) is 0. The number of alkyl halides is 1. The Balaban J connectivity index is 1.74. The van der Waals surface area contributed by atoms with E-state index in [1.54, 1.807) is 34.0 Å². The van der Waals surface area contributed by atoms with Crippen LogP contribution in [0.15, 0.2) is 41.8 Å². The fraction of sp³-hybridized carbons (Fsp3) is 0.316. The van der Waals surface area contributed by atoms with Crippen molar-refractivity contribution < 1.29 is 19.5 Å². The molecule has 0 radical (unpaired) electrons. The third-order valence-electron chi connectivity index (χ3n) is 4.78. The minimum absolute atomic E-state index is 0.244. The van der Waals surface area contributed by atoms with Gasteiger partial charge in [0.05, 0.1) is 0 Å². The molecule has 3 rings (SSSR count). The lowest BCUT2D eigenvalue weighted by Crippen LogP contribution is -2.67. The van der Waals surface area contributed by atoms with Crippen LogP contribution in [-0.4, -0.2) is 34.0 Å². The van der Waals surface area contributed by atoms with Gasteiger partial charge in [-0.2, -0.15) is 0 Å². The number of aliphatic hydroxyl groups is 1. The van der Waals surface area contributed by atoms with Gasteiger partial charge in [-0.3, -0.25) is 15.3 Å². The second kappa shape index (κ2) is 8.40. The largest absolute Gasteiger partial charge is 0.385 e. The fourth-order valence-electron chi connectivity index (χ4n) is 2.65. The molecule has 0 saturated heterocycles. The summed E-state index contributed by atoms with van der Waals surface area (Å²) in [5, 5.41) is 24.2. The highest BCUT2D eigenvalue weighted by atomic mass is 32.1. The van der Waals surface area contributed by atoms with Gasteiger partial charge >= 0.3 is 0 Å². The van der Waals surface area contributed by atoms with Crippen LogP contribution in [-0.2, 0) is 11.3 Å². The first-order valence-corrected chi connectivity index (χ1v) is 11.0. The number of hydrogen-bond donors (Lipinski definition) is 4. The molecule has 3 heterocycles. The maximum Gasteiger partial charge on any atom is 0.266 e. The molecular formula is C19H21FN2O3S3. The van der Waals surface area contributed by atoms with Crippen LogP contribution in [0.3, 0.4) is 0 Å². The molecule has 0 aliphatic carbocycles. The molecule has 2 unspecified atom stereocenters. The van der Waals surface area contributed by atoms with Crippen molar-refractivity contribution in [1.29, 1.82) is 0 Å². The van der Waals surface area contributed by atoms with Gasteiger partial charge in [-0.15, -0.1) is 34.0 Å². The predicted molar refractivity (Wildman–Crippen MR) is 113 cm³/mol. The summed E-state index contributed by atoms with van der Waals surface area (Å²) in [4.78, 5) is 17.7. The van der Waals surface area contributed by atoms with Crippen molar-refractivity contribution in [3.8, 4) is 19.5 Å². The molecule has 28 heavy (non-hydrogen) atoms. The van der Waals surface area contributed by atoms with Crippen LogP contribution in [0.4, 0.5) is 4.39 Å². The molecular weight excluding hydrogens is 419 g/mol. The summed E-state index contributed by atoms with van der Waals surface area (Å²) < 4.78 is 13.3. The lowest BCUT2D eigenvalue weighted by molar-refractivity contribution is -0.148. The lowest BCUT2D eigenvalue weighted by atomic mass is 9.82. The fourth-order valence-corrected chi connectivity index (χ4v) is 5.53. The highest BCUT2D eigenvalue weighted by molar-refractivity contribution is 7.26. The van der Waals surface area contributed by atoms with Crippen LogP contribution in [0.2, 0.25) is 0 Å². The van der Waals surface area contributed by atoms with Gasteiger partial charge in [0.25, 0.3) is 5.91 Å². The Hall–Kier alpha value is -1.62. The summed E-state index contributed by atoms with van der Waals surface area (Å²) in [6.45, 7) is 1.68. The number of carbonyl (C=O) groups is 1. The average molecular weight is 441 g/mol. The summed E-state index contributed by atoms with van der Waals surface area (Å²) in [5.74, 6) is -0.897. The Bertz CT molecular complexity index is 936. The van der Waals surface area contributed by atoms with Crippen molar-refractivity contribution in [1.82, 2.24) is 10.8 Å². The third-order valence-corrected chi connectivity index (χ3v) is 8.22. The Kier molecular flexibility index (Phi) is 6.33. The molecule has 0 spiro atoms. The van der Waals surface area contributed by atoms with Gasteiger partial charge in [-0.05, 0) is 49.6 Å². The molecule has 1 amide bonds. The van der Waals surface area contributed by atoms with Crippen molar-refractivity contribution in [2.45, 2.75) is 31.5 Å². The smallest absolute Gasteiger partial charge is 0.266 e. The van der Waals surface area contributed by atoms with Gasteiger partial charge in [0.1, 0.15) is 17.8 Å². The van der Waals surface area contributed by atoms with E-state index in [0.29, 0.717) is 0 Å². The minimum Gasteiger partial charge on any atom is -0.385 e. The number of carbonyl (C=O) groups excluding carboxylic acids is 1. The van der Waals surface area contributed by atoms with Gasteiger partial charge in [0, 0.05) is 30.9 Å². The molecule has 2 atom stereocenters. The maximum atomic E-state index is 13.3. The molecule has 0 aromatic carbocycles. The first kappa shape index (κ1) is 21.1. The molecule has 0 aliphatic rings. The lowest BCUT2D eigenvalue weighted by Gasteiger charge is -2.39. The van der Waals surface area contributed by atoms with Gasteiger partial charge in [-0.25, -0.2) is 9.87 Å². The predicted octanol–water partition coefficient (Wildman–Crippen LogP) is 4.28. The number of hydroxylamine groups is 1. The van der Waals surface area contributed by atoms with Gasteiger partial charge in [0.2, 0.25) is 0 Å². The number of rotatable bonds is 8. The number of halogens is 1. The summed E-state index contributed by atoms with van der Waals surface area (Å²) in [6.07, 6.45) is 0. The molecule has 9 heteroatoms. The van der Waals surface area contributed by atoms with Crippen molar-refractivity contribution >= 4 is 39.9 Å². The Morgan fingerprint density at radius 2 is 1.71 bits per heavy atom. The summed E-state index contributed by atoms with van der Waals surface area (Å²) >= 11 is 4.97. The highest BCUT2D eigenvalue weighted by Gasteiger charge is 2.49. The summed E-state index contributed by atoms with van der Waals surface area (Å²) in [5.41, 5.74) is -2.17. The number of hydrogen-bond acceptors (Lipinski definition) is 7. The number of thiophene rings is 3. The van der Waals surface area contributed by atoms with Crippen LogP contribution >= 0.6 is 34.0 Å². The minimum atomic E-state index is -1.98. The van der Waals surface area contributed by atoms with Crippen LogP contribution in [0.1, 0.15) is 18.7 Å². The van der Waals surface area contributed by atoms with Crippen molar-refractivity contribution in [3.05, 3.63) is 46.7 Å². The zero-order valence-corrected chi connectivity index (χ0v) is 17.8. The molecule has 3 aromatic heterocycles. The molecule has 3 aromatic rings. The molecule has 4 N–H and O–H groups in total. The van der Waals surface area contributed by atoms with Crippen LogP contribution < -0.4 is 10.8 Å². The third kappa shape index (κ3) is 4.05.